The minimum atomic E-state index is -0.391. The zero-order valence-corrected chi connectivity index (χ0v) is 13.3. The molecule has 2 aromatic rings. The van der Waals surface area contributed by atoms with Crippen molar-refractivity contribution < 1.29 is 9.18 Å². The molecule has 0 saturated carbocycles. The number of halogens is 1. The van der Waals surface area contributed by atoms with E-state index in [2.05, 4.69) is 17.3 Å². The Hall–Kier alpha value is -2.20. The third-order valence-corrected chi connectivity index (χ3v) is 4.34. The Labute approximate surface area is 136 Å². The predicted octanol–water partition coefficient (Wildman–Crippen LogP) is 3.56. The standard InChI is InChI=1S/C19H21FN2O/c1-22-11-9-16(10-12-22)21-18-8-7-15(20)13-17(18)19(23)14-5-3-2-4-6-14/h2-8,13,16,21H,9-12H2,1H3. The fourth-order valence-electron chi connectivity index (χ4n) is 2.95. The molecule has 0 unspecified atom stereocenters. The van der Waals surface area contributed by atoms with Crippen LogP contribution >= 0.6 is 0 Å². The molecule has 4 heteroatoms. The largest absolute Gasteiger partial charge is 0.382 e. The Morgan fingerprint density at radius 2 is 1.83 bits per heavy atom. The minimum Gasteiger partial charge on any atom is -0.382 e. The first-order chi connectivity index (χ1) is 11.1. The van der Waals surface area contributed by atoms with Crippen molar-refractivity contribution in [2.24, 2.45) is 0 Å². The van der Waals surface area contributed by atoms with Crippen LogP contribution in [0.2, 0.25) is 0 Å². The number of carbonyl (C=O) groups excluding carboxylic acids is 1. The van der Waals surface area contributed by atoms with Gasteiger partial charge in [-0.1, -0.05) is 30.3 Å². The van der Waals surface area contributed by atoms with Gasteiger partial charge in [0.2, 0.25) is 0 Å². The molecule has 0 spiro atoms. The number of nitrogens with one attached hydrogen (secondary N) is 1. The second-order valence-corrected chi connectivity index (χ2v) is 6.11. The van der Waals surface area contributed by atoms with Crippen LogP contribution in [0.1, 0.15) is 28.8 Å². The van der Waals surface area contributed by atoms with Gasteiger partial charge in [-0.2, -0.15) is 0 Å². The van der Waals surface area contributed by atoms with Crippen LogP contribution in [-0.4, -0.2) is 36.9 Å². The first-order valence-corrected chi connectivity index (χ1v) is 7.98. The van der Waals surface area contributed by atoms with E-state index in [0.29, 0.717) is 17.2 Å². The van der Waals surface area contributed by atoms with Gasteiger partial charge in [-0.25, -0.2) is 4.39 Å². The molecule has 0 aliphatic carbocycles. The van der Waals surface area contributed by atoms with Crippen molar-refractivity contribution in [1.29, 1.82) is 0 Å². The molecule has 2 aromatic carbocycles. The quantitative estimate of drug-likeness (QED) is 0.876. The van der Waals surface area contributed by atoms with Gasteiger partial charge in [-0.3, -0.25) is 4.79 Å². The third kappa shape index (κ3) is 3.77. The molecular formula is C19H21FN2O. The van der Waals surface area contributed by atoms with Gasteiger partial charge in [0.25, 0.3) is 0 Å². The number of carbonyl (C=O) groups is 1. The lowest BCUT2D eigenvalue weighted by Crippen LogP contribution is -2.37. The Balaban J connectivity index is 1.85. The summed E-state index contributed by atoms with van der Waals surface area (Å²) in [6, 6.07) is 13.7. The Kier molecular flexibility index (Phi) is 4.72. The number of benzene rings is 2. The molecule has 1 aliphatic heterocycles. The number of piperidine rings is 1. The highest BCUT2D eigenvalue weighted by atomic mass is 19.1. The van der Waals surface area contributed by atoms with Crippen LogP contribution in [0.5, 0.6) is 0 Å². The molecule has 1 fully saturated rings. The molecule has 3 nitrogen and oxygen atoms in total. The van der Waals surface area contributed by atoms with Gasteiger partial charge < -0.3 is 10.2 Å². The molecule has 0 atom stereocenters. The van der Waals surface area contributed by atoms with E-state index in [1.807, 2.05) is 18.2 Å². The predicted molar refractivity (Wildman–Crippen MR) is 90.4 cm³/mol. The summed E-state index contributed by atoms with van der Waals surface area (Å²) in [6.45, 7) is 2.06. The number of rotatable bonds is 4. The zero-order chi connectivity index (χ0) is 16.2. The normalized spacial score (nSPS) is 16.3. The lowest BCUT2D eigenvalue weighted by Gasteiger charge is -2.30. The highest BCUT2D eigenvalue weighted by Gasteiger charge is 2.20. The molecule has 3 rings (SSSR count). The van der Waals surface area contributed by atoms with Gasteiger partial charge in [-0.15, -0.1) is 0 Å². The SMILES string of the molecule is CN1CCC(Nc2ccc(F)cc2C(=O)c2ccccc2)CC1. The number of anilines is 1. The average Bonchev–Trinajstić information content (AvgIpc) is 2.58. The van der Waals surface area contributed by atoms with Gasteiger partial charge in [-0.05, 0) is 51.2 Å². The van der Waals surface area contributed by atoms with E-state index in [9.17, 15) is 9.18 Å². The molecule has 1 aliphatic rings. The molecular weight excluding hydrogens is 291 g/mol. The summed E-state index contributed by atoms with van der Waals surface area (Å²) >= 11 is 0. The first-order valence-electron chi connectivity index (χ1n) is 7.98. The summed E-state index contributed by atoms with van der Waals surface area (Å²) in [7, 11) is 2.11. The van der Waals surface area contributed by atoms with E-state index in [4.69, 9.17) is 0 Å². The minimum absolute atomic E-state index is 0.152. The van der Waals surface area contributed by atoms with Crippen LogP contribution in [-0.2, 0) is 0 Å². The van der Waals surface area contributed by atoms with Crippen molar-refractivity contribution in [3.8, 4) is 0 Å². The number of hydrogen-bond acceptors (Lipinski definition) is 3. The maximum Gasteiger partial charge on any atom is 0.195 e. The summed E-state index contributed by atoms with van der Waals surface area (Å²) in [6.07, 6.45) is 2.04. The van der Waals surface area contributed by atoms with Crippen LogP contribution in [0.25, 0.3) is 0 Å². The fourth-order valence-corrected chi connectivity index (χ4v) is 2.95. The molecule has 1 heterocycles. The van der Waals surface area contributed by atoms with E-state index in [1.165, 1.54) is 12.1 Å². The number of likely N-dealkylation sites (tertiary alicyclic amines) is 1. The maximum atomic E-state index is 13.7. The number of ketones is 1. The Bertz CT molecular complexity index is 679. The second kappa shape index (κ2) is 6.92. The van der Waals surface area contributed by atoms with Crippen LogP contribution in [0.4, 0.5) is 10.1 Å². The average molecular weight is 312 g/mol. The highest BCUT2D eigenvalue weighted by molar-refractivity contribution is 6.12. The lowest BCUT2D eigenvalue weighted by atomic mass is 9.99. The Morgan fingerprint density at radius 3 is 2.52 bits per heavy atom. The summed E-state index contributed by atoms with van der Waals surface area (Å²) in [5, 5.41) is 3.43. The molecule has 1 N–H and O–H groups in total. The summed E-state index contributed by atoms with van der Waals surface area (Å²) in [4.78, 5) is 15.0. The van der Waals surface area contributed by atoms with Crippen LogP contribution in [0, 0.1) is 5.82 Å². The van der Waals surface area contributed by atoms with Crippen molar-refractivity contribution in [2.75, 3.05) is 25.5 Å². The van der Waals surface area contributed by atoms with E-state index in [-0.39, 0.29) is 5.78 Å². The monoisotopic (exact) mass is 312 g/mol. The molecule has 0 amide bonds. The summed E-state index contributed by atoms with van der Waals surface area (Å²) in [5.41, 5.74) is 1.69. The van der Waals surface area contributed by atoms with E-state index in [0.717, 1.165) is 31.6 Å². The van der Waals surface area contributed by atoms with Crippen LogP contribution in [0.3, 0.4) is 0 Å². The van der Waals surface area contributed by atoms with Crippen molar-refractivity contribution in [3.63, 3.8) is 0 Å². The second-order valence-electron chi connectivity index (χ2n) is 6.11. The van der Waals surface area contributed by atoms with Crippen molar-refractivity contribution in [3.05, 3.63) is 65.5 Å². The van der Waals surface area contributed by atoms with Crippen LogP contribution < -0.4 is 5.32 Å². The van der Waals surface area contributed by atoms with E-state index in [1.54, 1.807) is 18.2 Å². The fraction of sp³-hybridized carbons (Fsp3) is 0.316. The molecule has 0 bridgehead atoms. The third-order valence-electron chi connectivity index (χ3n) is 4.34. The van der Waals surface area contributed by atoms with E-state index >= 15 is 0 Å². The molecule has 23 heavy (non-hydrogen) atoms. The molecule has 1 saturated heterocycles. The molecule has 0 aromatic heterocycles. The summed E-state index contributed by atoms with van der Waals surface area (Å²) in [5.74, 6) is -0.543. The zero-order valence-electron chi connectivity index (χ0n) is 13.3. The van der Waals surface area contributed by atoms with E-state index < -0.39 is 5.82 Å². The first kappa shape index (κ1) is 15.7. The van der Waals surface area contributed by atoms with Crippen LogP contribution in [0.15, 0.2) is 48.5 Å². The lowest BCUT2D eigenvalue weighted by molar-refractivity contribution is 0.103. The number of hydrogen-bond donors (Lipinski definition) is 1. The Morgan fingerprint density at radius 1 is 1.13 bits per heavy atom. The summed E-state index contributed by atoms with van der Waals surface area (Å²) < 4.78 is 13.7. The van der Waals surface area contributed by atoms with Crippen molar-refractivity contribution in [2.45, 2.75) is 18.9 Å². The topological polar surface area (TPSA) is 32.3 Å². The smallest absolute Gasteiger partial charge is 0.195 e. The number of nitrogens with zero attached hydrogens (tertiary/aromatic N) is 1. The molecule has 120 valence electrons. The van der Waals surface area contributed by atoms with Crippen molar-refractivity contribution >= 4 is 11.5 Å². The van der Waals surface area contributed by atoms with Crippen molar-refractivity contribution in [1.82, 2.24) is 4.90 Å². The van der Waals surface area contributed by atoms with Gasteiger partial charge in [0.15, 0.2) is 5.78 Å². The van der Waals surface area contributed by atoms with Gasteiger partial charge >= 0.3 is 0 Å². The van der Waals surface area contributed by atoms with Gasteiger partial charge in [0.1, 0.15) is 5.82 Å². The molecule has 0 radical (unpaired) electrons. The van der Waals surface area contributed by atoms with Gasteiger partial charge in [0.05, 0.1) is 0 Å². The maximum absolute atomic E-state index is 13.7. The highest BCUT2D eigenvalue weighted by Crippen LogP contribution is 2.24. The van der Waals surface area contributed by atoms with Gasteiger partial charge in [0, 0.05) is 22.9 Å².